The Hall–Kier alpha value is -3.16. The van der Waals surface area contributed by atoms with Gasteiger partial charge in [-0.05, 0) is 79.2 Å². The molecule has 1 fully saturated rings. The van der Waals surface area contributed by atoms with Crippen molar-refractivity contribution in [3.8, 4) is 0 Å². The van der Waals surface area contributed by atoms with Crippen molar-refractivity contribution in [1.82, 2.24) is 4.72 Å². The van der Waals surface area contributed by atoms with Crippen LogP contribution < -0.4 is 15.4 Å². The first kappa shape index (κ1) is 22.0. The minimum atomic E-state index is -1.10. The van der Waals surface area contributed by atoms with E-state index in [1.807, 2.05) is 42.5 Å². The summed E-state index contributed by atoms with van der Waals surface area (Å²) in [5.74, 6) is -1.19. The van der Waals surface area contributed by atoms with Gasteiger partial charge < -0.3 is 10.6 Å². The fourth-order valence-corrected chi connectivity index (χ4v) is 3.97. The molecule has 0 saturated heterocycles. The van der Waals surface area contributed by atoms with Gasteiger partial charge in [-0.3, -0.25) is 14.3 Å². The molecule has 3 aromatic rings. The van der Waals surface area contributed by atoms with Crippen LogP contribution in [0.5, 0.6) is 0 Å². The average molecular weight is 450 g/mol. The maximum absolute atomic E-state index is 13.3. The summed E-state index contributed by atoms with van der Waals surface area (Å²) in [6.45, 7) is 0.843. The lowest BCUT2D eigenvalue weighted by atomic mass is 10.0. The van der Waals surface area contributed by atoms with Crippen LogP contribution in [0.25, 0.3) is 0 Å². The Balaban J connectivity index is 1.26. The number of halogens is 1. The monoisotopic (exact) mass is 449 g/mol. The van der Waals surface area contributed by atoms with Gasteiger partial charge in [0, 0.05) is 22.8 Å². The van der Waals surface area contributed by atoms with E-state index in [2.05, 4.69) is 27.5 Å². The zero-order valence-corrected chi connectivity index (χ0v) is 18.3. The lowest BCUT2D eigenvalue weighted by Crippen LogP contribution is -2.35. The second-order valence-corrected chi connectivity index (χ2v) is 8.72. The summed E-state index contributed by atoms with van der Waals surface area (Å²) in [6, 6.07) is 23.4. The minimum absolute atomic E-state index is 0.340. The molecule has 5 nitrogen and oxygen atoms in total. The number of anilines is 2. The molecule has 3 N–H and O–H groups in total. The van der Waals surface area contributed by atoms with Crippen molar-refractivity contribution in [2.45, 2.75) is 24.2 Å². The highest BCUT2D eigenvalue weighted by atomic mass is 32.2. The lowest BCUT2D eigenvalue weighted by molar-refractivity contribution is -0.131. The van der Waals surface area contributed by atoms with E-state index in [-0.39, 0.29) is 5.91 Å². The number of benzene rings is 3. The van der Waals surface area contributed by atoms with Gasteiger partial charge in [-0.1, -0.05) is 36.4 Å². The fourth-order valence-electron chi connectivity index (χ4n) is 3.33. The van der Waals surface area contributed by atoms with Gasteiger partial charge in [0.1, 0.15) is 11.2 Å². The van der Waals surface area contributed by atoms with E-state index in [9.17, 15) is 14.0 Å². The van der Waals surface area contributed by atoms with Crippen molar-refractivity contribution < 1.29 is 14.0 Å². The number of hydrogen-bond acceptors (Lipinski definition) is 4. The van der Waals surface area contributed by atoms with Crippen molar-refractivity contribution >= 4 is 35.1 Å². The average Bonchev–Trinajstić information content (AvgIpc) is 3.61. The molecule has 1 aliphatic carbocycles. The zero-order valence-electron chi connectivity index (χ0n) is 17.4. The van der Waals surface area contributed by atoms with Crippen molar-refractivity contribution in [3.05, 3.63) is 90.2 Å². The van der Waals surface area contributed by atoms with Gasteiger partial charge in [-0.2, -0.15) is 0 Å². The Bertz CT molecular complexity index is 1090. The van der Waals surface area contributed by atoms with Crippen molar-refractivity contribution in [1.29, 1.82) is 0 Å². The third-order valence-electron chi connectivity index (χ3n) is 5.36. The quantitative estimate of drug-likeness (QED) is 0.244. The Morgan fingerprint density at radius 2 is 1.53 bits per heavy atom. The highest BCUT2D eigenvalue weighted by Crippen LogP contribution is 2.47. The summed E-state index contributed by atoms with van der Waals surface area (Å²) in [7, 11) is 0. The SMILES string of the molecule is O=C(Nc1ccc(SNCCc2ccccc2)cc1)C1(C(=O)Nc2cccc(F)c2)CC1. The van der Waals surface area contributed by atoms with Crippen LogP contribution in [-0.4, -0.2) is 18.4 Å². The van der Waals surface area contributed by atoms with Crippen LogP contribution in [0.3, 0.4) is 0 Å². The van der Waals surface area contributed by atoms with E-state index in [1.54, 1.807) is 6.07 Å². The van der Waals surface area contributed by atoms with Gasteiger partial charge in [-0.15, -0.1) is 0 Å². The summed E-state index contributed by atoms with van der Waals surface area (Å²) in [6.07, 6.45) is 1.89. The van der Waals surface area contributed by atoms with Gasteiger partial charge >= 0.3 is 0 Å². The summed E-state index contributed by atoms with van der Waals surface area (Å²) in [4.78, 5) is 26.4. The number of carbonyl (C=O) groups excluding carboxylic acids is 2. The van der Waals surface area contributed by atoms with Gasteiger partial charge in [0.05, 0.1) is 0 Å². The molecule has 4 rings (SSSR count). The standard InChI is InChI=1S/C25H24FN3O2S/c26-19-7-4-8-21(17-19)29-24(31)25(14-15-25)23(30)28-20-9-11-22(12-10-20)32-27-16-13-18-5-2-1-3-6-18/h1-12,17,27H,13-16H2,(H,28,30)(H,29,31). The normalized spacial score (nSPS) is 13.9. The number of carbonyl (C=O) groups is 2. The van der Waals surface area contributed by atoms with Crippen molar-refractivity contribution in [2.24, 2.45) is 5.41 Å². The summed E-state index contributed by atoms with van der Waals surface area (Å²) in [5, 5.41) is 5.49. The molecule has 1 saturated carbocycles. The van der Waals surface area contributed by atoms with Crippen LogP contribution in [0.2, 0.25) is 0 Å². The largest absolute Gasteiger partial charge is 0.325 e. The second kappa shape index (κ2) is 9.97. The summed E-state index contributed by atoms with van der Waals surface area (Å²) < 4.78 is 16.7. The van der Waals surface area contributed by atoms with E-state index in [0.717, 1.165) is 17.9 Å². The Labute approximate surface area is 190 Å². The number of rotatable bonds is 9. The van der Waals surface area contributed by atoms with Gasteiger partial charge in [0.2, 0.25) is 11.8 Å². The molecule has 0 bridgehead atoms. The van der Waals surface area contributed by atoms with Crippen molar-refractivity contribution in [2.75, 3.05) is 17.2 Å². The molecule has 0 aromatic heterocycles. The highest BCUT2D eigenvalue weighted by molar-refractivity contribution is 7.97. The number of nitrogens with one attached hydrogen (secondary N) is 3. The third-order valence-corrected chi connectivity index (χ3v) is 6.22. The molecule has 0 aliphatic heterocycles. The molecule has 2 amide bonds. The zero-order chi connectivity index (χ0) is 22.4. The molecule has 1 aliphatic rings. The predicted molar refractivity (Wildman–Crippen MR) is 126 cm³/mol. The molecular formula is C25H24FN3O2S. The smallest absolute Gasteiger partial charge is 0.240 e. The first-order valence-corrected chi connectivity index (χ1v) is 11.3. The van der Waals surface area contributed by atoms with E-state index in [0.29, 0.717) is 24.2 Å². The Morgan fingerprint density at radius 1 is 0.844 bits per heavy atom. The van der Waals surface area contributed by atoms with Crippen LogP contribution in [0.4, 0.5) is 15.8 Å². The predicted octanol–water partition coefficient (Wildman–Crippen LogP) is 5.02. The van der Waals surface area contributed by atoms with Crippen LogP contribution in [0.1, 0.15) is 18.4 Å². The molecule has 3 aromatic carbocycles. The molecule has 32 heavy (non-hydrogen) atoms. The maximum atomic E-state index is 13.3. The molecule has 164 valence electrons. The van der Waals surface area contributed by atoms with Gasteiger partial charge in [0.25, 0.3) is 0 Å². The summed E-state index contributed by atoms with van der Waals surface area (Å²) >= 11 is 1.53. The minimum Gasteiger partial charge on any atom is -0.325 e. The van der Waals surface area contributed by atoms with E-state index < -0.39 is 17.1 Å². The Morgan fingerprint density at radius 3 is 2.19 bits per heavy atom. The van der Waals surface area contributed by atoms with E-state index >= 15 is 0 Å². The summed E-state index contributed by atoms with van der Waals surface area (Å²) in [5.41, 5.74) is 1.16. The molecule has 0 radical (unpaired) electrons. The Kier molecular flexibility index (Phi) is 6.87. The van der Waals surface area contributed by atoms with E-state index in [4.69, 9.17) is 0 Å². The van der Waals surface area contributed by atoms with Crippen molar-refractivity contribution in [3.63, 3.8) is 0 Å². The molecule has 0 spiro atoms. The van der Waals surface area contributed by atoms with Crippen LogP contribution in [-0.2, 0) is 16.0 Å². The van der Waals surface area contributed by atoms with E-state index in [1.165, 1.54) is 35.7 Å². The number of amides is 2. The third kappa shape index (κ3) is 5.55. The molecule has 0 atom stereocenters. The topological polar surface area (TPSA) is 70.2 Å². The van der Waals surface area contributed by atoms with Gasteiger partial charge in [0.15, 0.2) is 0 Å². The van der Waals surface area contributed by atoms with Crippen LogP contribution in [0, 0.1) is 11.2 Å². The van der Waals surface area contributed by atoms with Crippen LogP contribution >= 0.6 is 11.9 Å². The van der Waals surface area contributed by atoms with Crippen LogP contribution in [0.15, 0.2) is 83.8 Å². The first-order valence-electron chi connectivity index (χ1n) is 10.5. The van der Waals surface area contributed by atoms with Gasteiger partial charge in [-0.25, -0.2) is 4.39 Å². The molecule has 7 heteroatoms. The second-order valence-electron chi connectivity index (χ2n) is 7.76. The molecule has 0 unspecified atom stereocenters. The first-order chi connectivity index (χ1) is 15.5. The highest BCUT2D eigenvalue weighted by Gasteiger charge is 2.56. The lowest BCUT2D eigenvalue weighted by Gasteiger charge is -2.16. The fraction of sp³-hybridized carbons (Fsp3) is 0.200. The molecule has 0 heterocycles. The maximum Gasteiger partial charge on any atom is 0.240 e. The number of hydrogen-bond donors (Lipinski definition) is 3. The molecular weight excluding hydrogens is 425 g/mol.